The van der Waals surface area contributed by atoms with Crippen molar-refractivity contribution in [2.24, 2.45) is 5.92 Å². The second-order valence-electron chi connectivity index (χ2n) is 5.09. The third kappa shape index (κ3) is 5.98. The topological polar surface area (TPSA) is 61.8 Å². The van der Waals surface area contributed by atoms with E-state index in [0.717, 1.165) is 0 Å². The summed E-state index contributed by atoms with van der Waals surface area (Å²) in [6.07, 6.45) is -0.544. The van der Waals surface area contributed by atoms with Crippen LogP contribution in [0.4, 0.5) is 0 Å². The Bertz CT molecular complexity index is 298. The van der Waals surface area contributed by atoms with Crippen molar-refractivity contribution in [1.29, 1.82) is 0 Å². The maximum Gasteiger partial charge on any atom is 0.371 e. The summed E-state index contributed by atoms with van der Waals surface area (Å²) in [6, 6.07) is 0. The first-order chi connectivity index (χ1) is 8.08. The Balaban J connectivity index is 5.21. The van der Waals surface area contributed by atoms with Crippen LogP contribution >= 0.6 is 7.60 Å². The average Bonchev–Trinajstić information content (AvgIpc) is 2.10. The summed E-state index contributed by atoms with van der Waals surface area (Å²) in [5, 5.41) is 0. The lowest BCUT2D eigenvalue weighted by Gasteiger charge is -2.31. The van der Waals surface area contributed by atoms with Gasteiger partial charge in [0.2, 0.25) is 5.85 Å². The Morgan fingerprint density at radius 2 is 1.33 bits per heavy atom. The van der Waals surface area contributed by atoms with Gasteiger partial charge in [-0.25, -0.2) is 0 Å². The first-order valence-electron chi connectivity index (χ1n) is 6.22. The molecule has 0 saturated carbocycles. The largest absolute Gasteiger partial charge is 0.449 e. The zero-order valence-electron chi connectivity index (χ0n) is 12.3. The van der Waals surface area contributed by atoms with Crippen molar-refractivity contribution in [2.45, 2.75) is 66.5 Å². The minimum atomic E-state index is -3.49. The van der Waals surface area contributed by atoms with Gasteiger partial charge in [0.05, 0.1) is 12.2 Å². The number of rotatable bonds is 7. The van der Waals surface area contributed by atoms with E-state index in [9.17, 15) is 9.36 Å². The molecule has 0 aromatic carbocycles. The highest BCUT2D eigenvalue weighted by Crippen LogP contribution is 2.57. The van der Waals surface area contributed by atoms with E-state index in [4.69, 9.17) is 13.8 Å². The Kier molecular flexibility index (Phi) is 7.11. The van der Waals surface area contributed by atoms with E-state index in [2.05, 4.69) is 0 Å². The Morgan fingerprint density at radius 1 is 0.944 bits per heavy atom. The summed E-state index contributed by atoms with van der Waals surface area (Å²) in [6.45, 7) is 12.0. The van der Waals surface area contributed by atoms with Gasteiger partial charge in [-0.05, 0) is 27.7 Å². The predicted molar refractivity (Wildman–Crippen MR) is 70.4 cm³/mol. The molecule has 0 aliphatic rings. The molecular formula is C12H25O5P. The highest BCUT2D eigenvalue weighted by atomic mass is 31.2. The van der Waals surface area contributed by atoms with Gasteiger partial charge in [-0.1, -0.05) is 13.8 Å². The van der Waals surface area contributed by atoms with Crippen molar-refractivity contribution >= 4 is 13.6 Å². The van der Waals surface area contributed by atoms with Crippen molar-refractivity contribution in [3.8, 4) is 0 Å². The number of hydrogen-bond donors (Lipinski definition) is 0. The number of carbonyl (C=O) groups is 1. The van der Waals surface area contributed by atoms with E-state index < -0.39 is 19.4 Å². The number of esters is 1. The standard InChI is InChI=1S/C12H25O5P/c1-8(2)12(15-11(7)13)18(14,16-9(3)4)17-10(5)6/h8-10,12H,1-7H3/t12-/m0/s1. The SMILES string of the molecule is CC(=O)O[C@H](C(C)C)P(=O)(OC(C)C)OC(C)C. The Labute approximate surface area is 110 Å². The van der Waals surface area contributed by atoms with Gasteiger partial charge in [-0.3, -0.25) is 9.36 Å². The van der Waals surface area contributed by atoms with Gasteiger partial charge in [0.25, 0.3) is 0 Å². The molecule has 0 fully saturated rings. The second-order valence-corrected chi connectivity index (χ2v) is 7.10. The van der Waals surface area contributed by atoms with E-state index in [1.807, 2.05) is 13.8 Å². The normalized spacial score (nSPS) is 14.3. The lowest BCUT2D eigenvalue weighted by Crippen LogP contribution is -2.27. The van der Waals surface area contributed by atoms with E-state index in [-0.39, 0.29) is 18.1 Å². The van der Waals surface area contributed by atoms with Crippen molar-refractivity contribution in [1.82, 2.24) is 0 Å². The van der Waals surface area contributed by atoms with Gasteiger partial charge in [0, 0.05) is 12.8 Å². The monoisotopic (exact) mass is 280 g/mol. The van der Waals surface area contributed by atoms with Gasteiger partial charge < -0.3 is 13.8 Å². The fourth-order valence-electron chi connectivity index (χ4n) is 1.47. The van der Waals surface area contributed by atoms with E-state index in [1.165, 1.54) is 6.92 Å². The van der Waals surface area contributed by atoms with Crippen LogP contribution < -0.4 is 0 Å². The quantitative estimate of drug-likeness (QED) is 0.527. The molecule has 18 heavy (non-hydrogen) atoms. The van der Waals surface area contributed by atoms with Crippen molar-refractivity contribution in [3.63, 3.8) is 0 Å². The number of hydrogen-bond acceptors (Lipinski definition) is 5. The van der Waals surface area contributed by atoms with Gasteiger partial charge in [-0.2, -0.15) is 0 Å². The zero-order chi connectivity index (χ0) is 14.5. The van der Waals surface area contributed by atoms with Crippen LogP contribution in [0.2, 0.25) is 0 Å². The summed E-state index contributed by atoms with van der Waals surface area (Å²) in [7, 11) is -3.49. The second kappa shape index (κ2) is 7.27. The third-order valence-corrected chi connectivity index (χ3v) is 4.64. The van der Waals surface area contributed by atoms with Crippen LogP contribution in [0.15, 0.2) is 0 Å². The molecule has 0 N–H and O–H groups in total. The molecule has 1 atom stereocenters. The van der Waals surface area contributed by atoms with Crippen molar-refractivity contribution in [3.05, 3.63) is 0 Å². The molecular weight excluding hydrogens is 255 g/mol. The average molecular weight is 280 g/mol. The summed E-state index contributed by atoms with van der Waals surface area (Å²) in [5.74, 6) is -1.52. The van der Waals surface area contributed by atoms with Crippen molar-refractivity contribution in [2.75, 3.05) is 0 Å². The maximum absolute atomic E-state index is 12.8. The zero-order valence-corrected chi connectivity index (χ0v) is 13.2. The van der Waals surface area contributed by atoms with E-state index >= 15 is 0 Å². The number of ether oxygens (including phenoxy) is 1. The highest BCUT2D eigenvalue weighted by molar-refractivity contribution is 7.54. The van der Waals surface area contributed by atoms with Crippen LogP contribution in [0.25, 0.3) is 0 Å². The summed E-state index contributed by atoms with van der Waals surface area (Å²) >= 11 is 0. The maximum atomic E-state index is 12.8. The molecule has 0 aliphatic carbocycles. The number of carbonyl (C=O) groups excluding carboxylic acids is 1. The fraction of sp³-hybridized carbons (Fsp3) is 0.917. The fourth-order valence-corrected chi connectivity index (χ4v) is 3.94. The van der Waals surface area contributed by atoms with Crippen LogP contribution in [0.3, 0.4) is 0 Å². The summed E-state index contributed by atoms with van der Waals surface area (Å²) in [5.41, 5.74) is 0. The molecule has 0 bridgehead atoms. The summed E-state index contributed by atoms with van der Waals surface area (Å²) < 4.78 is 28.8. The van der Waals surface area contributed by atoms with Crippen molar-refractivity contribution < 1.29 is 23.1 Å². The van der Waals surface area contributed by atoms with Crippen LogP contribution in [0, 0.1) is 5.92 Å². The molecule has 0 saturated heterocycles. The first kappa shape index (κ1) is 17.6. The molecule has 0 aromatic rings. The molecule has 0 unspecified atom stereocenters. The lowest BCUT2D eigenvalue weighted by molar-refractivity contribution is -0.145. The predicted octanol–water partition coefficient (Wildman–Crippen LogP) is 3.57. The van der Waals surface area contributed by atoms with E-state index in [1.54, 1.807) is 27.7 Å². The Hall–Kier alpha value is -0.380. The molecule has 5 nitrogen and oxygen atoms in total. The molecule has 0 rings (SSSR count). The smallest absolute Gasteiger partial charge is 0.371 e. The molecule has 0 amide bonds. The molecule has 108 valence electrons. The Morgan fingerprint density at radius 3 is 1.56 bits per heavy atom. The molecule has 6 heteroatoms. The third-order valence-electron chi connectivity index (χ3n) is 1.88. The minimum absolute atomic E-state index is 0.155. The van der Waals surface area contributed by atoms with Crippen LogP contribution in [-0.4, -0.2) is 24.0 Å². The van der Waals surface area contributed by atoms with Gasteiger partial charge in [-0.15, -0.1) is 0 Å². The molecule has 0 aromatic heterocycles. The van der Waals surface area contributed by atoms with Gasteiger partial charge >= 0.3 is 13.6 Å². The van der Waals surface area contributed by atoms with Crippen LogP contribution in [0.1, 0.15) is 48.5 Å². The minimum Gasteiger partial charge on any atom is -0.449 e. The van der Waals surface area contributed by atoms with E-state index in [0.29, 0.717) is 0 Å². The molecule has 0 heterocycles. The lowest BCUT2D eigenvalue weighted by atomic mass is 10.2. The molecule has 0 radical (unpaired) electrons. The molecule has 0 aliphatic heterocycles. The first-order valence-corrected chi connectivity index (χ1v) is 7.83. The van der Waals surface area contributed by atoms with Gasteiger partial charge in [0.15, 0.2) is 0 Å². The highest BCUT2D eigenvalue weighted by Gasteiger charge is 2.42. The van der Waals surface area contributed by atoms with Gasteiger partial charge in [0.1, 0.15) is 0 Å². The van der Waals surface area contributed by atoms with Crippen LogP contribution in [-0.2, 0) is 23.1 Å². The van der Waals surface area contributed by atoms with Crippen LogP contribution in [0.5, 0.6) is 0 Å². The summed E-state index contributed by atoms with van der Waals surface area (Å²) in [4.78, 5) is 11.1. The molecule has 0 spiro atoms.